The number of Topliss-reactive ketones (excluding diaryl/α,β-unsaturated/α-hetero) is 1. The average Bonchev–Trinajstić information content (AvgIpc) is 2.58. The molecule has 0 aliphatic carbocycles. The first-order valence-corrected chi connectivity index (χ1v) is 9.68. The molecule has 0 amide bonds. The highest BCUT2D eigenvalue weighted by Gasteiger charge is 2.31. The number of hydrogen-bond acceptors (Lipinski definition) is 4. The van der Waals surface area contributed by atoms with E-state index in [4.69, 9.17) is 32.5 Å². The molecule has 0 aromatic heterocycles. The predicted molar refractivity (Wildman–Crippen MR) is 101 cm³/mol. The van der Waals surface area contributed by atoms with Crippen molar-refractivity contribution in [3.63, 3.8) is 0 Å². The van der Waals surface area contributed by atoms with Gasteiger partial charge in [0.05, 0.1) is 22.4 Å². The lowest BCUT2D eigenvalue weighted by Gasteiger charge is -2.16. The van der Waals surface area contributed by atoms with Crippen LogP contribution < -0.4 is 0 Å². The lowest BCUT2D eigenvalue weighted by Crippen LogP contribution is -2.24. The molecule has 0 fully saturated rings. The number of rotatable bonds is 7. The molecule has 2 aromatic rings. The third kappa shape index (κ3) is 5.14. The van der Waals surface area contributed by atoms with Gasteiger partial charge in [-0.15, -0.1) is 0 Å². The minimum Gasteiger partial charge on any atom is -0.465 e. The minimum absolute atomic E-state index is 0.0391. The quantitative estimate of drug-likeness (QED) is 0.317. The molecule has 1 N–H and O–H groups in total. The molecule has 0 spiro atoms. The third-order valence-electron chi connectivity index (χ3n) is 3.59. The summed E-state index contributed by atoms with van der Waals surface area (Å²) in [5, 5.41) is 0.541. The Morgan fingerprint density at radius 2 is 1.77 bits per heavy atom. The predicted octanol–water partition coefficient (Wildman–Crippen LogP) is 4.24. The van der Waals surface area contributed by atoms with Crippen molar-refractivity contribution < 1.29 is 23.1 Å². The highest BCUT2D eigenvalue weighted by molar-refractivity contribution is 7.78. The van der Waals surface area contributed by atoms with E-state index in [1.807, 2.05) is 0 Å². The van der Waals surface area contributed by atoms with E-state index in [0.29, 0.717) is 16.1 Å². The van der Waals surface area contributed by atoms with Crippen LogP contribution in [0.5, 0.6) is 0 Å². The van der Waals surface area contributed by atoms with Gasteiger partial charge in [-0.25, -0.2) is 4.21 Å². The number of halogens is 2. The SMILES string of the molecule is CCOC(=O)C(C(=O)c1ccc(CS(=O)O)cc1)c1ccc(Cl)c(Cl)c1. The van der Waals surface area contributed by atoms with Gasteiger partial charge < -0.3 is 9.29 Å². The number of carbonyl (C=O) groups excluding carboxylic acids is 2. The Morgan fingerprint density at radius 3 is 2.31 bits per heavy atom. The number of ketones is 1. The molecule has 2 aromatic carbocycles. The molecule has 5 nitrogen and oxygen atoms in total. The molecule has 0 radical (unpaired) electrons. The van der Waals surface area contributed by atoms with E-state index in [1.165, 1.54) is 24.3 Å². The van der Waals surface area contributed by atoms with Gasteiger partial charge >= 0.3 is 5.97 Å². The largest absolute Gasteiger partial charge is 0.465 e. The van der Waals surface area contributed by atoms with Gasteiger partial charge in [-0.3, -0.25) is 9.59 Å². The van der Waals surface area contributed by atoms with Crippen molar-refractivity contribution in [2.45, 2.75) is 18.6 Å². The fraction of sp³-hybridized carbons (Fsp3) is 0.222. The van der Waals surface area contributed by atoms with Crippen molar-refractivity contribution in [1.29, 1.82) is 0 Å². The normalized spacial score (nSPS) is 13.1. The van der Waals surface area contributed by atoms with Gasteiger partial charge in [0.25, 0.3) is 0 Å². The van der Waals surface area contributed by atoms with Gasteiger partial charge in [-0.2, -0.15) is 0 Å². The minimum atomic E-state index is -1.97. The first kappa shape index (κ1) is 20.6. The van der Waals surface area contributed by atoms with Crippen molar-refractivity contribution in [1.82, 2.24) is 0 Å². The van der Waals surface area contributed by atoms with Crippen LogP contribution in [0.1, 0.15) is 34.3 Å². The summed E-state index contributed by atoms with van der Waals surface area (Å²) in [6.07, 6.45) is 0. The van der Waals surface area contributed by atoms with Crippen LogP contribution in [0.4, 0.5) is 0 Å². The van der Waals surface area contributed by atoms with Gasteiger partial charge in [0.1, 0.15) is 5.92 Å². The monoisotopic (exact) mass is 414 g/mol. The van der Waals surface area contributed by atoms with E-state index < -0.39 is 28.8 Å². The number of benzene rings is 2. The van der Waals surface area contributed by atoms with Gasteiger partial charge in [0.2, 0.25) is 0 Å². The van der Waals surface area contributed by atoms with E-state index in [1.54, 1.807) is 25.1 Å². The van der Waals surface area contributed by atoms with Crippen molar-refractivity contribution in [2.24, 2.45) is 0 Å². The van der Waals surface area contributed by atoms with Gasteiger partial charge in [0, 0.05) is 5.56 Å². The molecule has 8 heteroatoms. The fourth-order valence-electron chi connectivity index (χ4n) is 2.39. The Labute approximate surface area is 163 Å². The molecule has 2 atom stereocenters. The fourth-order valence-corrected chi connectivity index (χ4v) is 3.17. The third-order valence-corrected chi connectivity index (χ3v) is 4.91. The van der Waals surface area contributed by atoms with Crippen LogP contribution in [0.3, 0.4) is 0 Å². The van der Waals surface area contributed by atoms with Crippen LogP contribution in [0.2, 0.25) is 10.0 Å². The van der Waals surface area contributed by atoms with Crippen LogP contribution in [-0.2, 0) is 26.4 Å². The molecule has 26 heavy (non-hydrogen) atoms. The van der Waals surface area contributed by atoms with Crippen LogP contribution in [0, 0.1) is 0 Å². The molecule has 0 saturated carbocycles. The second-order valence-corrected chi connectivity index (χ2v) is 7.13. The Hall–Kier alpha value is -1.73. The zero-order chi connectivity index (χ0) is 19.3. The van der Waals surface area contributed by atoms with Crippen molar-refractivity contribution in [3.8, 4) is 0 Å². The molecule has 2 unspecified atom stereocenters. The lowest BCUT2D eigenvalue weighted by molar-refractivity contribution is -0.143. The number of hydrogen-bond donors (Lipinski definition) is 1. The first-order chi connectivity index (χ1) is 12.3. The van der Waals surface area contributed by atoms with Gasteiger partial charge in [0.15, 0.2) is 16.9 Å². The molecule has 0 aliphatic rings. The molecular weight excluding hydrogens is 399 g/mol. The summed E-state index contributed by atoms with van der Waals surface area (Å²) in [6.45, 7) is 1.78. The van der Waals surface area contributed by atoms with E-state index in [2.05, 4.69) is 0 Å². The molecular formula is C18H16Cl2O5S. The average molecular weight is 415 g/mol. The van der Waals surface area contributed by atoms with E-state index in [9.17, 15) is 13.8 Å². The van der Waals surface area contributed by atoms with Gasteiger partial charge in [-0.1, -0.05) is 53.5 Å². The highest BCUT2D eigenvalue weighted by atomic mass is 35.5. The summed E-state index contributed by atoms with van der Waals surface area (Å²) in [7, 11) is 0. The Morgan fingerprint density at radius 1 is 1.12 bits per heavy atom. The zero-order valence-electron chi connectivity index (χ0n) is 13.8. The Balaban J connectivity index is 2.38. The summed E-state index contributed by atoms with van der Waals surface area (Å²) < 4.78 is 24.8. The Bertz CT molecular complexity index is 836. The Kier molecular flexibility index (Phi) is 7.34. The molecule has 2 rings (SSSR count). The van der Waals surface area contributed by atoms with Gasteiger partial charge in [-0.05, 0) is 30.2 Å². The maximum absolute atomic E-state index is 12.9. The number of ether oxygens (including phenoxy) is 1. The molecule has 0 bridgehead atoms. The number of carbonyl (C=O) groups is 2. The van der Waals surface area contributed by atoms with Crippen molar-refractivity contribution in [2.75, 3.05) is 6.61 Å². The van der Waals surface area contributed by atoms with E-state index in [0.717, 1.165) is 0 Å². The zero-order valence-corrected chi connectivity index (χ0v) is 16.1. The number of esters is 1. The van der Waals surface area contributed by atoms with Crippen LogP contribution >= 0.6 is 23.2 Å². The smallest absolute Gasteiger partial charge is 0.321 e. The first-order valence-electron chi connectivity index (χ1n) is 7.65. The maximum Gasteiger partial charge on any atom is 0.321 e. The second kappa shape index (κ2) is 9.28. The topological polar surface area (TPSA) is 80.7 Å². The molecule has 0 aliphatic heterocycles. The second-order valence-electron chi connectivity index (χ2n) is 5.39. The standard InChI is InChI=1S/C18H16Cl2O5S/c1-2-25-18(22)16(13-7-8-14(19)15(20)9-13)17(21)12-5-3-11(4-6-12)10-26(23)24/h3-9,16H,2,10H2,1H3,(H,23,24). The summed E-state index contributed by atoms with van der Waals surface area (Å²) in [5.41, 5.74) is 1.26. The summed E-state index contributed by atoms with van der Waals surface area (Å²) in [6, 6.07) is 10.7. The highest BCUT2D eigenvalue weighted by Crippen LogP contribution is 2.29. The van der Waals surface area contributed by atoms with Crippen molar-refractivity contribution >= 4 is 46.0 Å². The van der Waals surface area contributed by atoms with Crippen LogP contribution in [-0.4, -0.2) is 27.1 Å². The van der Waals surface area contributed by atoms with Crippen LogP contribution in [0.25, 0.3) is 0 Å². The summed E-state index contributed by atoms with van der Waals surface area (Å²) in [5.74, 6) is -2.36. The van der Waals surface area contributed by atoms with Crippen molar-refractivity contribution in [3.05, 3.63) is 69.2 Å². The lowest BCUT2D eigenvalue weighted by atomic mass is 9.90. The van der Waals surface area contributed by atoms with E-state index >= 15 is 0 Å². The molecule has 138 valence electrons. The summed E-state index contributed by atoms with van der Waals surface area (Å²) >= 11 is 9.94. The molecule has 0 saturated heterocycles. The van der Waals surface area contributed by atoms with Crippen LogP contribution in [0.15, 0.2) is 42.5 Å². The maximum atomic E-state index is 12.9. The van der Waals surface area contributed by atoms with E-state index in [-0.39, 0.29) is 22.9 Å². The molecule has 0 heterocycles. The summed E-state index contributed by atoms with van der Waals surface area (Å²) in [4.78, 5) is 25.3.